The van der Waals surface area contributed by atoms with E-state index in [1.165, 1.54) is 70.6 Å². The first-order chi connectivity index (χ1) is 10.1. The standard InChI is InChI=1S/C18H34N2O/c1-5-7-9-11-13-15-18(4,14-12-10-8-6-2)17-19-16(3)21-20-17/h5-15H2,1-4H3. The molecular weight excluding hydrogens is 260 g/mol. The number of aryl methyl sites for hydroxylation is 1. The molecule has 0 bridgehead atoms. The lowest BCUT2D eigenvalue weighted by atomic mass is 9.79. The van der Waals surface area contributed by atoms with Crippen LogP contribution in [0.5, 0.6) is 0 Å². The van der Waals surface area contributed by atoms with Gasteiger partial charge in [0.15, 0.2) is 5.82 Å². The monoisotopic (exact) mass is 294 g/mol. The van der Waals surface area contributed by atoms with E-state index in [1.807, 2.05) is 6.92 Å². The molecule has 0 saturated carbocycles. The summed E-state index contributed by atoms with van der Waals surface area (Å²) in [6.07, 6.45) is 14.2. The predicted molar refractivity (Wildman–Crippen MR) is 88.5 cm³/mol. The zero-order valence-electron chi connectivity index (χ0n) is 14.6. The zero-order chi connectivity index (χ0) is 15.6. The van der Waals surface area contributed by atoms with Gasteiger partial charge in [0.05, 0.1) is 0 Å². The third kappa shape index (κ3) is 6.62. The first-order valence-electron chi connectivity index (χ1n) is 8.93. The van der Waals surface area contributed by atoms with Crippen molar-refractivity contribution in [2.45, 2.75) is 104 Å². The van der Waals surface area contributed by atoms with Gasteiger partial charge in [-0.3, -0.25) is 0 Å². The van der Waals surface area contributed by atoms with Gasteiger partial charge in [0.1, 0.15) is 0 Å². The van der Waals surface area contributed by atoms with Gasteiger partial charge in [-0.15, -0.1) is 0 Å². The molecule has 1 atom stereocenters. The minimum atomic E-state index is 0.0950. The minimum Gasteiger partial charge on any atom is -0.340 e. The summed E-state index contributed by atoms with van der Waals surface area (Å²) >= 11 is 0. The molecule has 0 saturated heterocycles. The molecule has 0 amide bonds. The molecule has 3 heteroatoms. The highest BCUT2D eigenvalue weighted by Gasteiger charge is 2.30. The highest BCUT2D eigenvalue weighted by atomic mass is 16.5. The maximum atomic E-state index is 5.22. The summed E-state index contributed by atoms with van der Waals surface area (Å²) in [7, 11) is 0. The molecule has 0 radical (unpaired) electrons. The average molecular weight is 294 g/mol. The fourth-order valence-corrected chi connectivity index (χ4v) is 2.95. The van der Waals surface area contributed by atoms with Crippen molar-refractivity contribution in [2.24, 2.45) is 0 Å². The zero-order valence-corrected chi connectivity index (χ0v) is 14.6. The Morgan fingerprint density at radius 1 is 0.857 bits per heavy atom. The van der Waals surface area contributed by atoms with Crippen molar-refractivity contribution >= 4 is 0 Å². The van der Waals surface area contributed by atoms with Gasteiger partial charge in [-0.2, -0.15) is 4.98 Å². The Labute approximate surface area is 130 Å². The van der Waals surface area contributed by atoms with Gasteiger partial charge in [-0.1, -0.05) is 83.7 Å². The van der Waals surface area contributed by atoms with Crippen LogP contribution in [0.4, 0.5) is 0 Å². The average Bonchev–Trinajstić information content (AvgIpc) is 2.91. The molecule has 1 aromatic rings. The molecule has 0 aliphatic heterocycles. The highest BCUT2D eigenvalue weighted by Crippen LogP contribution is 2.33. The molecule has 0 fully saturated rings. The summed E-state index contributed by atoms with van der Waals surface area (Å²) in [4.78, 5) is 4.52. The Kier molecular flexibility index (Phi) is 8.63. The van der Waals surface area contributed by atoms with Gasteiger partial charge in [-0.05, 0) is 12.8 Å². The van der Waals surface area contributed by atoms with E-state index < -0.39 is 0 Å². The largest absolute Gasteiger partial charge is 0.340 e. The number of unbranched alkanes of at least 4 members (excludes halogenated alkanes) is 7. The SMILES string of the molecule is CCCCCCCC(C)(CCCCCC)c1noc(C)n1. The number of hydrogen-bond acceptors (Lipinski definition) is 3. The van der Waals surface area contributed by atoms with Crippen molar-refractivity contribution in [2.75, 3.05) is 0 Å². The molecule has 0 aliphatic rings. The normalized spacial score (nSPS) is 14.3. The van der Waals surface area contributed by atoms with Crippen molar-refractivity contribution < 1.29 is 4.52 Å². The number of hydrogen-bond donors (Lipinski definition) is 0. The summed E-state index contributed by atoms with van der Waals surface area (Å²) in [6.45, 7) is 8.73. The van der Waals surface area contributed by atoms with Gasteiger partial charge in [0, 0.05) is 12.3 Å². The van der Waals surface area contributed by atoms with Gasteiger partial charge in [0.25, 0.3) is 0 Å². The molecule has 0 aliphatic carbocycles. The molecule has 0 N–H and O–H groups in total. The minimum absolute atomic E-state index is 0.0950. The van der Waals surface area contributed by atoms with Crippen LogP contribution in [0, 0.1) is 6.92 Å². The lowest BCUT2D eigenvalue weighted by molar-refractivity contribution is 0.319. The molecule has 1 heterocycles. The Morgan fingerprint density at radius 2 is 1.38 bits per heavy atom. The molecule has 3 nitrogen and oxygen atoms in total. The van der Waals surface area contributed by atoms with Crippen molar-refractivity contribution in [1.29, 1.82) is 0 Å². The third-order valence-electron chi connectivity index (χ3n) is 4.48. The topological polar surface area (TPSA) is 38.9 Å². The highest BCUT2D eigenvalue weighted by molar-refractivity contribution is 5.04. The van der Waals surface area contributed by atoms with E-state index in [9.17, 15) is 0 Å². The predicted octanol–water partition coefficient (Wildman–Crippen LogP) is 5.97. The maximum absolute atomic E-state index is 5.22. The van der Waals surface area contributed by atoms with E-state index in [1.54, 1.807) is 0 Å². The second-order valence-corrected chi connectivity index (χ2v) is 6.67. The van der Waals surface area contributed by atoms with Crippen LogP contribution in [0.1, 0.15) is 103 Å². The summed E-state index contributed by atoms with van der Waals surface area (Å²) < 4.78 is 5.22. The fraction of sp³-hybridized carbons (Fsp3) is 0.889. The number of rotatable bonds is 12. The molecular formula is C18H34N2O. The van der Waals surface area contributed by atoms with E-state index in [2.05, 4.69) is 30.9 Å². The van der Waals surface area contributed by atoms with Crippen LogP contribution in [-0.2, 0) is 5.41 Å². The lowest BCUT2D eigenvalue weighted by Crippen LogP contribution is -2.24. The van der Waals surface area contributed by atoms with E-state index in [-0.39, 0.29) is 5.41 Å². The van der Waals surface area contributed by atoms with Gasteiger partial charge in [-0.25, -0.2) is 0 Å². The van der Waals surface area contributed by atoms with E-state index in [0.29, 0.717) is 5.89 Å². The molecule has 122 valence electrons. The quantitative estimate of drug-likeness (QED) is 0.446. The molecule has 1 unspecified atom stereocenters. The van der Waals surface area contributed by atoms with Gasteiger partial charge < -0.3 is 4.52 Å². The van der Waals surface area contributed by atoms with Crippen LogP contribution in [0.25, 0.3) is 0 Å². The summed E-state index contributed by atoms with van der Waals surface area (Å²) in [5.41, 5.74) is 0.0950. The van der Waals surface area contributed by atoms with E-state index in [0.717, 1.165) is 5.82 Å². The Hall–Kier alpha value is -0.860. The van der Waals surface area contributed by atoms with Crippen LogP contribution in [0.2, 0.25) is 0 Å². The number of nitrogens with zero attached hydrogens (tertiary/aromatic N) is 2. The molecule has 0 aromatic carbocycles. The van der Waals surface area contributed by atoms with Crippen LogP contribution in [0.15, 0.2) is 4.52 Å². The third-order valence-corrected chi connectivity index (χ3v) is 4.48. The van der Waals surface area contributed by atoms with Crippen LogP contribution < -0.4 is 0 Å². The number of aromatic nitrogens is 2. The molecule has 1 aromatic heterocycles. The fourth-order valence-electron chi connectivity index (χ4n) is 2.95. The van der Waals surface area contributed by atoms with Crippen molar-refractivity contribution in [3.63, 3.8) is 0 Å². The van der Waals surface area contributed by atoms with E-state index >= 15 is 0 Å². The van der Waals surface area contributed by atoms with Crippen LogP contribution in [0.3, 0.4) is 0 Å². The molecule has 21 heavy (non-hydrogen) atoms. The van der Waals surface area contributed by atoms with Crippen molar-refractivity contribution in [3.05, 3.63) is 11.7 Å². The summed E-state index contributed by atoms with van der Waals surface area (Å²) in [5.74, 6) is 1.61. The lowest BCUT2D eigenvalue weighted by Gasteiger charge is -2.26. The van der Waals surface area contributed by atoms with Gasteiger partial charge >= 0.3 is 0 Å². The second kappa shape index (κ2) is 9.97. The summed E-state index contributed by atoms with van der Waals surface area (Å²) in [6, 6.07) is 0. The Morgan fingerprint density at radius 3 is 1.86 bits per heavy atom. The first kappa shape index (κ1) is 18.2. The summed E-state index contributed by atoms with van der Waals surface area (Å²) in [5, 5.41) is 4.22. The molecule has 0 spiro atoms. The maximum Gasteiger partial charge on any atom is 0.223 e. The molecule has 1 rings (SSSR count). The first-order valence-corrected chi connectivity index (χ1v) is 8.93. The Balaban J connectivity index is 2.52. The van der Waals surface area contributed by atoms with Crippen LogP contribution >= 0.6 is 0 Å². The van der Waals surface area contributed by atoms with Crippen molar-refractivity contribution in [3.8, 4) is 0 Å². The van der Waals surface area contributed by atoms with Crippen molar-refractivity contribution in [1.82, 2.24) is 10.1 Å². The van der Waals surface area contributed by atoms with Gasteiger partial charge in [0.2, 0.25) is 5.89 Å². The Bertz CT molecular complexity index is 375. The second-order valence-electron chi connectivity index (χ2n) is 6.67. The smallest absolute Gasteiger partial charge is 0.223 e. The van der Waals surface area contributed by atoms with E-state index in [4.69, 9.17) is 4.52 Å². The van der Waals surface area contributed by atoms with Crippen LogP contribution in [-0.4, -0.2) is 10.1 Å².